The number of aryl methyl sites for hydroxylation is 2. The third kappa shape index (κ3) is 2.78. The highest BCUT2D eigenvalue weighted by atomic mass is 35.5. The lowest BCUT2D eigenvalue weighted by molar-refractivity contribution is 0.411. The topological polar surface area (TPSA) is 9.23 Å². The molecule has 0 aliphatic rings. The number of methoxy groups -OCH3 is 1. The maximum absolute atomic E-state index is 13.9. The Morgan fingerprint density at radius 3 is 2.35 bits per heavy atom. The summed E-state index contributed by atoms with van der Waals surface area (Å²) in [5, 5.41) is -0.691. The second kappa shape index (κ2) is 5.80. The standard InChI is InChI=1S/C16H15ClF2O/c1-9-4-5-11(7-15(9)20-3)16(17)12-6-10(2)13(18)8-14(12)19/h4-8,16H,1-3H3. The van der Waals surface area contributed by atoms with Crippen molar-refractivity contribution in [2.75, 3.05) is 7.11 Å². The summed E-state index contributed by atoms with van der Waals surface area (Å²) in [4.78, 5) is 0. The van der Waals surface area contributed by atoms with Crippen LogP contribution in [0.3, 0.4) is 0 Å². The smallest absolute Gasteiger partial charge is 0.131 e. The van der Waals surface area contributed by atoms with Gasteiger partial charge in [-0.25, -0.2) is 8.78 Å². The van der Waals surface area contributed by atoms with Crippen LogP contribution in [0.2, 0.25) is 0 Å². The van der Waals surface area contributed by atoms with Crippen molar-refractivity contribution in [3.8, 4) is 5.75 Å². The van der Waals surface area contributed by atoms with E-state index in [1.165, 1.54) is 6.07 Å². The number of ether oxygens (including phenoxy) is 1. The minimum Gasteiger partial charge on any atom is -0.496 e. The van der Waals surface area contributed by atoms with Crippen LogP contribution in [0.4, 0.5) is 8.78 Å². The molecule has 4 heteroatoms. The van der Waals surface area contributed by atoms with Gasteiger partial charge in [0.25, 0.3) is 0 Å². The van der Waals surface area contributed by atoms with Crippen LogP contribution in [0.5, 0.6) is 5.75 Å². The van der Waals surface area contributed by atoms with Crippen LogP contribution in [0.15, 0.2) is 30.3 Å². The quantitative estimate of drug-likeness (QED) is 0.731. The molecule has 2 rings (SSSR count). The second-order valence-electron chi connectivity index (χ2n) is 4.71. The molecule has 106 valence electrons. The zero-order valence-corrected chi connectivity index (χ0v) is 12.3. The van der Waals surface area contributed by atoms with E-state index in [1.54, 1.807) is 20.1 Å². The molecule has 2 aromatic rings. The highest BCUT2D eigenvalue weighted by Crippen LogP contribution is 2.34. The minimum absolute atomic E-state index is 0.261. The molecule has 0 saturated heterocycles. The Bertz CT molecular complexity index is 641. The predicted molar refractivity (Wildman–Crippen MR) is 76.5 cm³/mol. The summed E-state index contributed by atoms with van der Waals surface area (Å²) in [6.07, 6.45) is 0. The van der Waals surface area contributed by atoms with Gasteiger partial charge >= 0.3 is 0 Å². The molecule has 0 aliphatic heterocycles. The average molecular weight is 297 g/mol. The molecule has 0 heterocycles. The molecule has 0 amide bonds. The minimum atomic E-state index is -0.691. The van der Waals surface area contributed by atoms with Gasteiger partial charge < -0.3 is 4.74 Å². The first-order valence-electron chi connectivity index (χ1n) is 6.18. The summed E-state index contributed by atoms with van der Waals surface area (Å²) < 4.78 is 32.4. The van der Waals surface area contributed by atoms with Gasteiger partial charge in [-0.05, 0) is 42.7 Å². The molecular formula is C16H15ClF2O. The largest absolute Gasteiger partial charge is 0.496 e. The molecule has 20 heavy (non-hydrogen) atoms. The third-order valence-electron chi connectivity index (χ3n) is 3.28. The fraction of sp³-hybridized carbons (Fsp3) is 0.250. The third-order valence-corrected chi connectivity index (χ3v) is 3.76. The Hall–Kier alpha value is -1.61. The Morgan fingerprint density at radius 1 is 1.00 bits per heavy atom. The number of benzene rings is 2. The summed E-state index contributed by atoms with van der Waals surface area (Å²) in [6, 6.07) is 7.75. The van der Waals surface area contributed by atoms with Crippen LogP contribution in [0.25, 0.3) is 0 Å². The molecule has 0 saturated carbocycles. The van der Waals surface area contributed by atoms with Crippen LogP contribution >= 0.6 is 11.6 Å². The molecule has 0 bridgehead atoms. The van der Waals surface area contributed by atoms with Crippen molar-refractivity contribution in [2.45, 2.75) is 19.2 Å². The predicted octanol–water partition coefficient (Wildman–Crippen LogP) is 4.92. The zero-order valence-electron chi connectivity index (χ0n) is 11.5. The molecule has 0 aliphatic carbocycles. The Labute approximate surface area is 122 Å². The first kappa shape index (κ1) is 14.8. The van der Waals surface area contributed by atoms with Crippen LogP contribution < -0.4 is 4.74 Å². The molecule has 0 radical (unpaired) electrons. The number of hydrogen-bond donors (Lipinski definition) is 0. The number of alkyl halides is 1. The van der Waals surface area contributed by atoms with Gasteiger partial charge in [0, 0.05) is 11.6 Å². The van der Waals surface area contributed by atoms with E-state index in [1.807, 2.05) is 19.1 Å². The highest BCUT2D eigenvalue weighted by molar-refractivity contribution is 6.22. The lowest BCUT2D eigenvalue weighted by Crippen LogP contribution is -2.00. The number of hydrogen-bond acceptors (Lipinski definition) is 1. The fourth-order valence-corrected chi connectivity index (χ4v) is 2.35. The first-order chi connectivity index (χ1) is 9.43. The van der Waals surface area contributed by atoms with Gasteiger partial charge in [-0.3, -0.25) is 0 Å². The molecule has 1 nitrogen and oxygen atoms in total. The van der Waals surface area contributed by atoms with Gasteiger partial charge in [0.2, 0.25) is 0 Å². The van der Waals surface area contributed by atoms with Gasteiger partial charge in [0.15, 0.2) is 0 Å². The van der Waals surface area contributed by atoms with Gasteiger partial charge in [0.1, 0.15) is 17.4 Å². The van der Waals surface area contributed by atoms with E-state index in [4.69, 9.17) is 16.3 Å². The van der Waals surface area contributed by atoms with Crippen molar-refractivity contribution in [1.82, 2.24) is 0 Å². The Balaban J connectivity index is 2.46. The van der Waals surface area contributed by atoms with Crippen LogP contribution in [-0.4, -0.2) is 7.11 Å². The fourth-order valence-electron chi connectivity index (χ4n) is 2.05. The molecule has 1 unspecified atom stereocenters. The van der Waals surface area contributed by atoms with Crippen molar-refractivity contribution in [3.05, 3.63) is 64.2 Å². The molecular weight excluding hydrogens is 282 g/mol. The average Bonchev–Trinajstić information content (AvgIpc) is 2.42. The van der Waals surface area contributed by atoms with Crippen molar-refractivity contribution in [1.29, 1.82) is 0 Å². The van der Waals surface area contributed by atoms with Crippen LogP contribution in [0, 0.1) is 25.5 Å². The summed E-state index contributed by atoms with van der Waals surface area (Å²) in [7, 11) is 1.57. The molecule has 0 fully saturated rings. The van der Waals surface area contributed by atoms with E-state index in [2.05, 4.69) is 0 Å². The van der Waals surface area contributed by atoms with Crippen LogP contribution in [0.1, 0.15) is 27.6 Å². The van der Waals surface area contributed by atoms with Gasteiger partial charge in [-0.2, -0.15) is 0 Å². The summed E-state index contributed by atoms with van der Waals surface area (Å²) in [5.41, 5.74) is 2.30. The Kier molecular flexibility index (Phi) is 4.29. The SMILES string of the molecule is COc1cc(C(Cl)c2cc(C)c(F)cc2F)ccc1C. The van der Waals surface area contributed by atoms with Gasteiger partial charge in [-0.1, -0.05) is 12.1 Å². The molecule has 0 spiro atoms. The monoisotopic (exact) mass is 296 g/mol. The molecule has 1 atom stereocenters. The maximum Gasteiger partial charge on any atom is 0.131 e. The van der Waals surface area contributed by atoms with E-state index < -0.39 is 17.0 Å². The van der Waals surface area contributed by atoms with Gasteiger partial charge in [0.05, 0.1) is 12.5 Å². The summed E-state index contributed by atoms with van der Waals surface area (Å²) in [6.45, 7) is 3.49. The van der Waals surface area contributed by atoms with Crippen molar-refractivity contribution in [2.24, 2.45) is 0 Å². The van der Waals surface area contributed by atoms with Crippen LogP contribution in [-0.2, 0) is 0 Å². The van der Waals surface area contributed by atoms with E-state index in [9.17, 15) is 8.78 Å². The summed E-state index contributed by atoms with van der Waals surface area (Å²) >= 11 is 6.32. The zero-order chi connectivity index (χ0) is 14.9. The highest BCUT2D eigenvalue weighted by Gasteiger charge is 2.18. The van der Waals surface area contributed by atoms with Crippen molar-refractivity contribution >= 4 is 11.6 Å². The van der Waals surface area contributed by atoms with E-state index in [0.29, 0.717) is 16.9 Å². The first-order valence-corrected chi connectivity index (χ1v) is 6.62. The van der Waals surface area contributed by atoms with E-state index >= 15 is 0 Å². The molecule has 0 aromatic heterocycles. The number of halogens is 3. The lowest BCUT2D eigenvalue weighted by atomic mass is 10.0. The maximum atomic E-state index is 13.9. The Morgan fingerprint density at radius 2 is 1.70 bits per heavy atom. The van der Waals surface area contributed by atoms with Crippen molar-refractivity contribution in [3.63, 3.8) is 0 Å². The molecule has 0 N–H and O–H groups in total. The lowest BCUT2D eigenvalue weighted by Gasteiger charge is -2.14. The second-order valence-corrected chi connectivity index (χ2v) is 5.15. The summed E-state index contributed by atoms with van der Waals surface area (Å²) in [5.74, 6) is -0.531. The van der Waals surface area contributed by atoms with E-state index in [-0.39, 0.29) is 5.56 Å². The molecule has 2 aromatic carbocycles. The van der Waals surface area contributed by atoms with Crippen molar-refractivity contribution < 1.29 is 13.5 Å². The number of rotatable bonds is 3. The van der Waals surface area contributed by atoms with Gasteiger partial charge in [-0.15, -0.1) is 11.6 Å². The van der Waals surface area contributed by atoms with E-state index in [0.717, 1.165) is 11.6 Å². The normalized spacial score (nSPS) is 12.3.